The molecular formula is C31H46O2Si2. The van der Waals surface area contributed by atoms with E-state index in [1.807, 2.05) is 0 Å². The smallest absolute Gasteiger partial charge is 0.261 e. The van der Waals surface area contributed by atoms with Crippen molar-refractivity contribution in [3.05, 3.63) is 72.3 Å². The molecule has 0 unspecified atom stereocenters. The molecule has 0 aliphatic carbocycles. The Hall–Kier alpha value is -1.91. The topological polar surface area (TPSA) is 18.5 Å². The summed E-state index contributed by atoms with van der Waals surface area (Å²) in [5, 5.41) is 2.85. The van der Waals surface area contributed by atoms with Gasteiger partial charge in [0.05, 0.1) is 13.2 Å². The number of allylic oxidation sites excluding steroid dienone is 1. The molecule has 0 bridgehead atoms. The molecule has 35 heavy (non-hydrogen) atoms. The summed E-state index contributed by atoms with van der Waals surface area (Å²) in [6.45, 7) is 21.6. The number of hydrogen-bond donors (Lipinski definition) is 0. The summed E-state index contributed by atoms with van der Waals surface area (Å²) in [5.74, 6) is 6.50. The van der Waals surface area contributed by atoms with Crippen LogP contribution in [0.25, 0.3) is 0 Å². The molecule has 190 valence electrons. The zero-order valence-corrected chi connectivity index (χ0v) is 25.5. The van der Waals surface area contributed by atoms with E-state index in [-0.39, 0.29) is 10.1 Å². The number of hydrogen-bond acceptors (Lipinski definition) is 2. The second kappa shape index (κ2) is 12.4. The van der Waals surface area contributed by atoms with Gasteiger partial charge in [-0.2, -0.15) is 0 Å². The monoisotopic (exact) mass is 506 g/mol. The van der Waals surface area contributed by atoms with Crippen molar-refractivity contribution in [3.63, 3.8) is 0 Å². The van der Waals surface area contributed by atoms with Crippen molar-refractivity contribution in [2.45, 2.75) is 84.5 Å². The van der Waals surface area contributed by atoms with Crippen LogP contribution in [0.4, 0.5) is 0 Å². The van der Waals surface area contributed by atoms with Crippen molar-refractivity contribution < 1.29 is 8.85 Å². The number of benzene rings is 2. The number of unbranched alkanes of at least 4 members (excludes halogenated alkanes) is 1. The Balaban J connectivity index is 2.07. The fraction of sp³-hybridized carbons (Fsp3) is 0.484. The molecule has 0 spiro atoms. The van der Waals surface area contributed by atoms with Gasteiger partial charge >= 0.3 is 0 Å². The molecule has 0 saturated heterocycles. The maximum absolute atomic E-state index is 7.01. The molecule has 0 aliphatic heterocycles. The van der Waals surface area contributed by atoms with Crippen LogP contribution in [0, 0.1) is 11.8 Å². The summed E-state index contributed by atoms with van der Waals surface area (Å²) < 4.78 is 13.2. The highest BCUT2D eigenvalue weighted by atomic mass is 28.4. The summed E-state index contributed by atoms with van der Waals surface area (Å²) in [5.41, 5.74) is 1.26. The van der Waals surface area contributed by atoms with Gasteiger partial charge in [0.15, 0.2) is 8.32 Å². The first-order chi connectivity index (χ1) is 16.3. The maximum atomic E-state index is 7.01. The second-order valence-corrected chi connectivity index (χ2v) is 21.1. The molecule has 2 rings (SSSR count). The molecule has 0 fully saturated rings. The predicted molar refractivity (Wildman–Crippen MR) is 157 cm³/mol. The Kier molecular flexibility index (Phi) is 10.4. The number of rotatable bonds is 9. The van der Waals surface area contributed by atoms with Gasteiger partial charge in [0.2, 0.25) is 0 Å². The van der Waals surface area contributed by atoms with E-state index in [2.05, 4.69) is 140 Å². The van der Waals surface area contributed by atoms with Crippen LogP contribution >= 0.6 is 0 Å². The first kappa shape index (κ1) is 29.3. The molecule has 0 radical (unpaired) electrons. The molecule has 2 nitrogen and oxygen atoms in total. The Morgan fingerprint density at radius 2 is 1.29 bits per heavy atom. The van der Waals surface area contributed by atoms with E-state index in [9.17, 15) is 0 Å². The highest BCUT2D eigenvalue weighted by Gasteiger charge is 2.50. The van der Waals surface area contributed by atoms with Gasteiger partial charge in [-0.25, -0.2) is 0 Å². The molecule has 0 amide bonds. The van der Waals surface area contributed by atoms with Gasteiger partial charge < -0.3 is 8.85 Å². The van der Waals surface area contributed by atoms with E-state index in [0.29, 0.717) is 13.2 Å². The molecule has 0 aromatic heterocycles. The van der Waals surface area contributed by atoms with Crippen molar-refractivity contribution in [1.29, 1.82) is 0 Å². The predicted octanol–water partition coefficient (Wildman–Crippen LogP) is 7.31. The Bertz CT molecular complexity index is 962. The van der Waals surface area contributed by atoms with Gasteiger partial charge in [-0.05, 0) is 46.9 Å². The lowest BCUT2D eigenvalue weighted by molar-refractivity contribution is 0.329. The summed E-state index contributed by atoms with van der Waals surface area (Å²) in [4.78, 5) is 0. The average molecular weight is 507 g/mol. The highest BCUT2D eigenvalue weighted by molar-refractivity contribution is 6.99. The van der Waals surface area contributed by atoms with E-state index in [0.717, 1.165) is 12.8 Å². The van der Waals surface area contributed by atoms with Gasteiger partial charge in [-0.15, -0.1) is 5.92 Å². The van der Waals surface area contributed by atoms with E-state index in [4.69, 9.17) is 8.85 Å². The normalized spacial score (nSPS) is 13.3. The average Bonchev–Trinajstić information content (AvgIpc) is 2.78. The fourth-order valence-electron chi connectivity index (χ4n) is 4.01. The van der Waals surface area contributed by atoms with Crippen molar-refractivity contribution >= 4 is 27.0 Å². The van der Waals surface area contributed by atoms with Gasteiger partial charge in [-0.1, -0.05) is 120 Å². The third-order valence-electron chi connectivity index (χ3n) is 7.13. The first-order valence-corrected chi connectivity index (χ1v) is 17.6. The maximum Gasteiger partial charge on any atom is 0.261 e. The van der Waals surface area contributed by atoms with Crippen LogP contribution in [0.3, 0.4) is 0 Å². The summed E-state index contributed by atoms with van der Waals surface area (Å²) in [6, 6.07) is 21.7. The van der Waals surface area contributed by atoms with E-state index in [1.165, 1.54) is 15.9 Å². The van der Waals surface area contributed by atoms with Crippen LogP contribution in [-0.2, 0) is 8.85 Å². The lowest BCUT2D eigenvalue weighted by Crippen LogP contribution is -2.66. The van der Waals surface area contributed by atoms with E-state index >= 15 is 0 Å². The molecule has 0 aliphatic rings. The Morgan fingerprint density at radius 1 is 0.771 bits per heavy atom. The van der Waals surface area contributed by atoms with Gasteiger partial charge in [-0.3, -0.25) is 0 Å². The zero-order chi connectivity index (χ0) is 26.2. The summed E-state index contributed by atoms with van der Waals surface area (Å²) >= 11 is 0. The standard InChI is InChI=1S/C31H46O2Si2/c1-27(20-14-10-11-19-25-32-34(8,9)30(2,3)4)26-33-35(31(5,6)7,28-21-15-12-16-22-28)29-23-17-13-18-24-29/h12-13,15-18,20-24H,10,14,25-26H2,1-9H3/b27-20+. The fourth-order valence-corrected chi connectivity index (χ4v) is 9.47. The summed E-state index contributed by atoms with van der Waals surface area (Å²) in [7, 11) is -4.21. The van der Waals surface area contributed by atoms with Crippen LogP contribution in [0.5, 0.6) is 0 Å². The molecule has 4 heteroatoms. The van der Waals surface area contributed by atoms with Crippen molar-refractivity contribution in [2.24, 2.45) is 0 Å². The highest BCUT2D eigenvalue weighted by Crippen LogP contribution is 2.37. The minimum atomic E-state index is -2.49. The van der Waals surface area contributed by atoms with Gasteiger partial charge in [0, 0.05) is 6.42 Å². The van der Waals surface area contributed by atoms with E-state index < -0.39 is 16.6 Å². The minimum absolute atomic E-state index is 0.00833. The molecule has 2 aromatic carbocycles. The van der Waals surface area contributed by atoms with E-state index in [1.54, 1.807) is 0 Å². The molecule has 0 N–H and O–H groups in total. The third-order valence-corrected chi connectivity index (χ3v) is 16.6. The Labute approximate surface area is 217 Å². The lowest BCUT2D eigenvalue weighted by atomic mass is 10.2. The van der Waals surface area contributed by atoms with Crippen molar-refractivity contribution in [3.8, 4) is 11.8 Å². The van der Waals surface area contributed by atoms with Crippen LogP contribution in [0.1, 0.15) is 61.3 Å². The molecule has 2 aromatic rings. The quantitative estimate of drug-likeness (QED) is 0.154. The molecule has 0 heterocycles. The third kappa shape index (κ3) is 7.79. The van der Waals surface area contributed by atoms with Crippen LogP contribution < -0.4 is 10.4 Å². The minimum Gasteiger partial charge on any atom is -0.406 e. The van der Waals surface area contributed by atoms with Crippen LogP contribution in [0.2, 0.25) is 23.2 Å². The van der Waals surface area contributed by atoms with Crippen LogP contribution in [-0.4, -0.2) is 29.8 Å². The second-order valence-electron chi connectivity index (χ2n) is 11.9. The first-order valence-electron chi connectivity index (χ1n) is 12.8. The lowest BCUT2D eigenvalue weighted by Gasteiger charge is -2.43. The Morgan fingerprint density at radius 3 is 1.74 bits per heavy atom. The molecule has 0 saturated carbocycles. The largest absolute Gasteiger partial charge is 0.406 e. The zero-order valence-electron chi connectivity index (χ0n) is 23.5. The SMILES string of the molecule is C/C(=C\CCC#CCO[Si](C)(C)C(C)(C)C)CO[Si](c1ccccc1)(c1ccccc1)C(C)(C)C. The van der Waals surface area contributed by atoms with Crippen molar-refractivity contribution in [2.75, 3.05) is 13.2 Å². The summed E-state index contributed by atoms with van der Waals surface area (Å²) in [6.07, 6.45) is 4.06. The molecule has 0 atom stereocenters. The van der Waals surface area contributed by atoms with Gasteiger partial charge in [0.25, 0.3) is 8.32 Å². The van der Waals surface area contributed by atoms with Gasteiger partial charge in [0.1, 0.15) is 0 Å². The van der Waals surface area contributed by atoms with Crippen LogP contribution in [0.15, 0.2) is 72.3 Å². The molecular weight excluding hydrogens is 461 g/mol. The van der Waals surface area contributed by atoms with Crippen molar-refractivity contribution in [1.82, 2.24) is 0 Å².